The number of ether oxygens (including phenoxy) is 1. The predicted octanol–water partition coefficient (Wildman–Crippen LogP) is 0.243. The largest absolute Gasteiger partial charge is 0.475 e. The van der Waals surface area contributed by atoms with Crippen LogP contribution in [0.5, 0.6) is 0 Å². The highest BCUT2D eigenvalue weighted by Gasteiger charge is 2.49. The Kier molecular flexibility index (Phi) is 6.12. The van der Waals surface area contributed by atoms with Crippen LogP contribution in [0.15, 0.2) is 41.7 Å². The number of carbonyl (C=O) groups excluding carboxylic acids is 1. The zero-order chi connectivity index (χ0) is 21.3. The van der Waals surface area contributed by atoms with Gasteiger partial charge in [-0.15, -0.1) is 0 Å². The number of aromatic nitrogens is 1. The highest BCUT2D eigenvalue weighted by Crippen LogP contribution is 2.57. The molecule has 4 heterocycles. The second-order valence-electron chi connectivity index (χ2n) is 7.12. The number of carbonyl (C=O) groups is 1. The summed E-state index contributed by atoms with van der Waals surface area (Å²) >= 11 is 0. The molecule has 162 valence electrons. The van der Waals surface area contributed by atoms with E-state index in [4.69, 9.17) is 24.0 Å². The van der Waals surface area contributed by atoms with Crippen LogP contribution in [0.4, 0.5) is 0 Å². The number of phosphoric acid groups is 1. The van der Waals surface area contributed by atoms with Crippen molar-refractivity contribution in [2.24, 2.45) is 16.6 Å². The molecule has 0 radical (unpaired) electrons. The smallest absolute Gasteiger partial charge is 0.388 e. The van der Waals surface area contributed by atoms with E-state index in [1.54, 1.807) is 24.5 Å². The van der Waals surface area contributed by atoms with Crippen LogP contribution >= 0.6 is 7.82 Å². The van der Waals surface area contributed by atoms with Crippen molar-refractivity contribution in [3.8, 4) is 0 Å². The summed E-state index contributed by atoms with van der Waals surface area (Å²) in [6.07, 6.45) is 1.25. The van der Waals surface area contributed by atoms with Gasteiger partial charge >= 0.3 is 7.82 Å². The number of aliphatic hydroxyl groups is 2. The van der Waals surface area contributed by atoms with Crippen LogP contribution in [-0.2, 0) is 27.7 Å². The maximum atomic E-state index is 12.9. The quantitative estimate of drug-likeness (QED) is 0.542. The van der Waals surface area contributed by atoms with Gasteiger partial charge in [0, 0.05) is 18.8 Å². The van der Waals surface area contributed by atoms with E-state index in [1.165, 1.54) is 12.2 Å². The summed E-state index contributed by atoms with van der Waals surface area (Å²) in [4.78, 5) is 19.6. The van der Waals surface area contributed by atoms with Gasteiger partial charge in [0.05, 0.1) is 25.2 Å². The number of hydrogen-bond donors (Lipinski definition) is 3. The molecule has 0 saturated carbocycles. The van der Waals surface area contributed by atoms with Gasteiger partial charge in [-0.2, -0.15) is 4.99 Å². The minimum atomic E-state index is -3.92. The second-order valence-corrected chi connectivity index (χ2v) is 8.74. The molecule has 7 atom stereocenters. The van der Waals surface area contributed by atoms with Crippen molar-refractivity contribution in [1.82, 2.24) is 4.98 Å². The maximum Gasteiger partial charge on any atom is 0.475 e. The topological polar surface area (TPSA) is 163 Å². The Morgan fingerprint density at radius 3 is 2.77 bits per heavy atom. The third-order valence-electron chi connectivity index (χ3n) is 5.11. The molecule has 0 aliphatic carbocycles. The molecule has 4 N–H and O–H groups in total. The minimum absolute atomic E-state index is 0.0533. The third-order valence-corrected chi connectivity index (χ3v) is 6.59. The number of amides is 1. The van der Waals surface area contributed by atoms with Gasteiger partial charge in [-0.1, -0.05) is 6.08 Å². The molecule has 0 spiro atoms. The van der Waals surface area contributed by atoms with Crippen molar-refractivity contribution in [2.45, 2.75) is 36.9 Å². The monoisotopic (exact) mass is 439 g/mol. The van der Waals surface area contributed by atoms with Gasteiger partial charge in [0.2, 0.25) is 0 Å². The van der Waals surface area contributed by atoms with Crippen molar-refractivity contribution >= 4 is 19.6 Å². The molecule has 0 bridgehead atoms. The number of dihydropyridines is 1. The number of phosphoric ester groups is 1. The molecule has 1 aromatic heterocycles. The van der Waals surface area contributed by atoms with Crippen LogP contribution in [-0.4, -0.2) is 64.6 Å². The molecule has 2 saturated heterocycles. The fourth-order valence-corrected chi connectivity index (χ4v) is 4.93. The van der Waals surface area contributed by atoms with Crippen LogP contribution in [0.3, 0.4) is 0 Å². The summed E-state index contributed by atoms with van der Waals surface area (Å²) in [5.74, 6) is -1.43. The fourth-order valence-electron chi connectivity index (χ4n) is 3.53. The number of amidine groups is 1. The molecule has 11 nitrogen and oxygen atoms in total. The van der Waals surface area contributed by atoms with Crippen LogP contribution in [0.1, 0.15) is 18.1 Å². The molecule has 12 heteroatoms. The summed E-state index contributed by atoms with van der Waals surface area (Å²) < 4.78 is 34.6. The average Bonchev–Trinajstić information content (AvgIpc) is 3.01. The second kappa shape index (κ2) is 8.64. The first-order valence-electron chi connectivity index (χ1n) is 9.41. The Labute approximate surface area is 172 Å². The number of aliphatic imine (C=N–C) groups is 1. The summed E-state index contributed by atoms with van der Waals surface area (Å²) in [6, 6.07) is 3.49. The van der Waals surface area contributed by atoms with Crippen LogP contribution in [0.25, 0.3) is 0 Å². The first-order chi connectivity index (χ1) is 14.4. The SMILES string of the molecule is NC1=NC(=O)C([C@@H]2O[C@H](CO[P@@]3(=O)OCC[C@@H](c4ccncc4)O3)[C@@H](O)[C@@H]2O)C=C1. The lowest BCUT2D eigenvalue weighted by Gasteiger charge is -2.29. The normalized spacial score (nSPS) is 39.1. The lowest BCUT2D eigenvalue weighted by atomic mass is 9.94. The Bertz CT molecular complexity index is 895. The van der Waals surface area contributed by atoms with E-state index in [9.17, 15) is 19.6 Å². The molecular weight excluding hydrogens is 417 g/mol. The Morgan fingerprint density at radius 1 is 1.27 bits per heavy atom. The first-order valence-corrected chi connectivity index (χ1v) is 10.9. The number of rotatable bonds is 5. The zero-order valence-electron chi connectivity index (χ0n) is 15.8. The van der Waals surface area contributed by atoms with Crippen molar-refractivity contribution in [2.75, 3.05) is 13.2 Å². The van der Waals surface area contributed by atoms with E-state index in [2.05, 4.69) is 9.98 Å². The van der Waals surface area contributed by atoms with Gasteiger partial charge < -0.3 is 20.7 Å². The van der Waals surface area contributed by atoms with Crippen LogP contribution in [0, 0.1) is 5.92 Å². The molecular formula is C18H22N3O8P. The first kappa shape index (κ1) is 21.3. The van der Waals surface area contributed by atoms with Crippen LogP contribution < -0.4 is 5.73 Å². The third kappa shape index (κ3) is 4.37. The Morgan fingerprint density at radius 2 is 2.03 bits per heavy atom. The molecule has 3 aliphatic heterocycles. The van der Waals surface area contributed by atoms with Gasteiger partial charge in [0.25, 0.3) is 5.91 Å². The standard InChI is InChI=1S/C18H22N3O8P/c19-14-2-1-11(18(24)21-14)17-16(23)15(22)13(28-17)9-27-30(25)26-8-5-12(29-30)10-3-6-20-7-4-10/h1-4,6-7,11-13,15-17,22-23H,5,8-9H2,(H2,19,21,24)/t11?,12-,13+,15+,16-,17-,30+/m0/s1. The highest BCUT2D eigenvalue weighted by atomic mass is 31.2. The fraction of sp³-hybridized carbons (Fsp3) is 0.500. The number of nitrogens with zero attached hydrogens (tertiary/aromatic N) is 2. The highest BCUT2D eigenvalue weighted by molar-refractivity contribution is 7.48. The molecule has 4 rings (SSSR count). The summed E-state index contributed by atoms with van der Waals surface area (Å²) in [5.41, 5.74) is 6.27. The van der Waals surface area contributed by atoms with Gasteiger partial charge in [-0.05, 0) is 23.8 Å². The molecule has 1 unspecified atom stereocenters. The van der Waals surface area contributed by atoms with Gasteiger partial charge in [0.1, 0.15) is 30.3 Å². The van der Waals surface area contributed by atoms with Crippen LogP contribution in [0.2, 0.25) is 0 Å². The van der Waals surface area contributed by atoms with Gasteiger partial charge in [0.15, 0.2) is 0 Å². The predicted molar refractivity (Wildman–Crippen MR) is 102 cm³/mol. The summed E-state index contributed by atoms with van der Waals surface area (Å²) in [6.45, 7) is -0.213. The molecule has 1 aromatic rings. The Hall–Kier alpha value is -1.98. The van der Waals surface area contributed by atoms with E-state index in [0.29, 0.717) is 6.42 Å². The van der Waals surface area contributed by atoms with Crippen molar-refractivity contribution in [1.29, 1.82) is 0 Å². The summed E-state index contributed by atoms with van der Waals surface area (Å²) in [7, 11) is -3.92. The number of aliphatic hydroxyl groups excluding tert-OH is 2. The zero-order valence-corrected chi connectivity index (χ0v) is 16.7. The van der Waals surface area contributed by atoms with Gasteiger partial charge in [-0.25, -0.2) is 4.57 Å². The molecule has 2 fully saturated rings. The number of pyridine rings is 1. The Balaban J connectivity index is 1.38. The lowest BCUT2D eigenvalue weighted by molar-refractivity contribution is -0.127. The molecule has 0 aromatic carbocycles. The molecule has 30 heavy (non-hydrogen) atoms. The van der Waals surface area contributed by atoms with E-state index < -0.39 is 50.2 Å². The molecule has 3 aliphatic rings. The molecule has 1 amide bonds. The van der Waals surface area contributed by atoms with E-state index in [1.807, 2.05) is 0 Å². The number of hydrogen-bond acceptors (Lipinski definition) is 10. The van der Waals surface area contributed by atoms with E-state index >= 15 is 0 Å². The van der Waals surface area contributed by atoms with Crippen molar-refractivity contribution in [3.05, 3.63) is 42.2 Å². The van der Waals surface area contributed by atoms with Crippen molar-refractivity contribution in [3.63, 3.8) is 0 Å². The van der Waals surface area contributed by atoms with Gasteiger partial charge in [-0.3, -0.25) is 23.3 Å². The average molecular weight is 439 g/mol. The number of nitrogens with two attached hydrogens (primary N) is 1. The van der Waals surface area contributed by atoms with E-state index in [0.717, 1.165) is 5.56 Å². The maximum absolute atomic E-state index is 12.9. The summed E-state index contributed by atoms with van der Waals surface area (Å²) in [5, 5.41) is 20.6. The lowest BCUT2D eigenvalue weighted by Crippen LogP contribution is -2.39. The van der Waals surface area contributed by atoms with Crippen molar-refractivity contribution < 1.29 is 37.9 Å². The van der Waals surface area contributed by atoms with E-state index in [-0.39, 0.29) is 19.0 Å². The minimum Gasteiger partial charge on any atom is -0.388 e.